The Kier molecular flexibility index (Phi) is 4.84. The molecule has 4 rings (SSSR count). The maximum absolute atomic E-state index is 11.2. The van der Waals surface area contributed by atoms with E-state index in [1.54, 1.807) is 12.1 Å². The van der Waals surface area contributed by atoms with Gasteiger partial charge in [0.1, 0.15) is 0 Å². The first-order chi connectivity index (χ1) is 13.7. The van der Waals surface area contributed by atoms with E-state index < -0.39 is 5.91 Å². The molecule has 138 valence electrons. The molecule has 4 aromatic rings. The summed E-state index contributed by atoms with van der Waals surface area (Å²) in [6.07, 6.45) is 0. The second kappa shape index (κ2) is 7.75. The Hall–Kier alpha value is -3.93. The second-order valence-electron chi connectivity index (χ2n) is 6.26. The van der Waals surface area contributed by atoms with Crippen molar-refractivity contribution in [2.24, 2.45) is 5.73 Å². The van der Waals surface area contributed by atoms with Gasteiger partial charge in [0.25, 0.3) is 0 Å². The molecule has 0 aliphatic carbocycles. The quantitative estimate of drug-likeness (QED) is 0.543. The van der Waals surface area contributed by atoms with Gasteiger partial charge in [0.15, 0.2) is 11.6 Å². The fraction of sp³-hybridized carbons (Fsp3) is 0.0455. The number of nitrogens with zero attached hydrogens (tertiary/aromatic N) is 3. The first-order valence-electron chi connectivity index (χ1n) is 8.91. The van der Waals surface area contributed by atoms with E-state index in [0.29, 0.717) is 17.9 Å². The van der Waals surface area contributed by atoms with Crippen molar-refractivity contribution in [3.63, 3.8) is 0 Å². The number of carbonyl (C=O) groups is 1. The highest BCUT2D eigenvalue weighted by Gasteiger charge is 2.13. The van der Waals surface area contributed by atoms with Crippen LogP contribution < -0.4 is 11.1 Å². The molecule has 6 nitrogen and oxygen atoms in total. The average molecular weight is 369 g/mol. The van der Waals surface area contributed by atoms with Crippen LogP contribution >= 0.6 is 0 Å². The van der Waals surface area contributed by atoms with Gasteiger partial charge in [-0.3, -0.25) is 4.79 Å². The van der Waals surface area contributed by atoms with Crippen molar-refractivity contribution in [1.82, 2.24) is 14.8 Å². The molecule has 3 aromatic carbocycles. The number of amides is 1. The Morgan fingerprint density at radius 2 is 1.54 bits per heavy atom. The second-order valence-corrected chi connectivity index (χ2v) is 6.26. The number of nitrogens with one attached hydrogen (secondary N) is 1. The van der Waals surface area contributed by atoms with Gasteiger partial charge in [-0.15, -0.1) is 5.10 Å². The lowest BCUT2D eigenvalue weighted by Crippen LogP contribution is -2.11. The zero-order valence-corrected chi connectivity index (χ0v) is 15.1. The van der Waals surface area contributed by atoms with Crippen LogP contribution in [0.1, 0.15) is 16.2 Å². The molecule has 0 unspecified atom stereocenters. The zero-order chi connectivity index (χ0) is 19.3. The van der Waals surface area contributed by atoms with Gasteiger partial charge in [-0.05, 0) is 36.4 Å². The smallest absolute Gasteiger partial charge is 0.248 e. The Balaban J connectivity index is 1.63. The fourth-order valence-electron chi connectivity index (χ4n) is 2.88. The van der Waals surface area contributed by atoms with Crippen molar-refractivity contribution in [2.45, 2.75) is 6.54 Å². The van der Waals surface area contributed by atoms with E-state index in [0.717, 1.165) is 22.8 Å². The first-order valence-corrected chi connectivity index (χ1v) is 8.91. The Morgan fingerprint density at radius 1 is 0.893 bits per heavy atom. The molecule has 0 saturated heterocycles. The van der Waals surface area contributed by atoms with Crippen molar-refractivity contribution < 1.29 is 4.79 Å². The molecule has 0 atom stereocenters. The Morgan fingerprint density at radius 3 is 2.18 bits per heavy atom. The molecule has 0 fully saturated rings. The largest absolute Gasteiger partial charge is 0.378 e. The number of carbonyl (C=O) groups excluding carboxylic acids is 1. The number of hydrogen-bond acceptors (Lipinski definition) is 4. The molecule has 0 spiro atoms. The molecule has 28 heavy (non-hydrogen) atoms. The molecule has 6 heteroatoms. The Bertz CT molecular complexity index is 1070. The van der Waals surface area contributed by atoms with E-state index in [-0.39, 0.29) is 0 Å². The summed E-state index contributed by atoms with van der Waals surface area (Å²) < 4.78 is 1.84. The minimum Gasteiger partial charge on any atom is -0.378 e. The van der Waals surface area contributed by atoms with Crippen LogP contribution in [0.2, 0.25) is 0 Å². The molecule has 1 amide bonds. The van der Waals surface area contributed by atoms with Gasteiger partial charge in [-0.1, -0.05) is 48.5 Å². The van der Waals surface area contributed by atoms with Crippen LogP contribution in [-0.2, 0) is 6.54 Å². The highest BCUT2D eigenvalue weighted by Crippen LogP contribution is 2.19. The lowest BCUT2D eigenvalue weighted by Gasteiger charge is -2.08. The third-order valence-corrected chi connectivity index (χ3v) is 4.33. The van der Waals surface area contributed by atoms with Crippen molar-refractivity contribution in [1.29, 1.82) is 0 Å². The van der Waals surface area contributed by atoms with Crippen LogP contribution in [0.5, 0.6) is 0 Å². The summed E-state index contributed by atoms with van der Waals surface area (Å²) in [6.45, 7) is 0.477. The van der Waals surface area contributed by atoms with Crippen LogP contribution in [0.3, 0.4) is 0 Å². The van der Waals surface area contributed by atoms with E-state index >= 15 is 0 Å². The summed E-state index contributed by atoms with van der Waals surface area (Å²) in [4.78, 5) is 15.9. The van der Waals surface area contributed by atoms with Crippen LogP contribution in [-0.4, -0.2) is 20.7 Å². The minimum atomic E-state index is -0.442. The third-order valence-electron chi connectivity index (χ3n) is 4.33. The number of aromatic nitrogens is 3. The number of hydrogen-bond donors (Lipinski definition) is 2. The van der Waals surface area contributed by atoms with Crippen molar-refractivity contribution in [3.05, 3.63) is 96.3 Å². The van der Waals surface area contributed by atoms with Gasteiger partial charge in [-0.2, -0.15) is 0 Å². The fourth-order valence-corrected chi connectivity index (χ4v) is 2.88. The molecular formula is C22H19N5O. The molecule has 0 saturated carbocycles. The molecule has 1 heterocycles. The van der Waals surface area contributed by atoms with Crippen LogP contribution in [0, 0.1) is 0 Å². The van der Waals surface area contributed by atoms with Gasteiger partial charge in [0.05, 0.1) is 12.2 Å². The zero-order valence-electron chi connectivity index (χ0n) is 15.1. The summed E-state index contributed by atoms with van der Waals surface area (Å²) in [5, 5.41) is 8.03. The van der Waals surface area contributed by atoms with E-state index in [1.807, 2.05) is 77.5 Å². The lowest BCUT2D eigenvalue weighted by molar-refractivity contribution is 0.100. The van der Waals surface area contributed by atoms with E-state index in [2.05, 4.69) is 5.32 Å². The van der Waals surface area contributed by atoms with E-state index in [4.69, 9.17) is 15.8 Å². The number of benzene rings is 3. The van der Waals surface area contributed by atoms with Crippen molar-refractivity contribution >= 4 is 11.6 Å². The van der Waals surface area contributed by atoms with Crippen molar-refractivity contribution in [2.75, 3.05) is 5.32 Å². The number of primary amides is 1. The highest BCUT2D eigenvalue weighted by molar-refractivity contribution is 5.93. The minimum absolute atomic E-state index is 0.442. The normalized spacial score (nSPS) is 10.6. The Labute approximate surface area is 162 Å². The van der Waals surface area contributed by atoms with E-state index in [9.17, 15) is 4.79 Å². The maximum atomic E-state index is 11.2. The molecule has 0 bridgehead atoms. The van der Waals surface area contributed by atoms with Crippen LogP contribution in [0.15, 0.2) is 84.9 Å². The lowest BCUT2D eigenvalue weighted by atomic mass is 10.2. The standard InChI is InChI=1S/C22H19N5O/c23-21(28)16-11-13-18(14-12-16)24-15-20-25-22(17-7-3-1-4-8-17)26-27(20)19-9-5-2-6-10-19/h1-14,24H,15H2,(H2,23,28). The maximum Gasteiger partial charge on any atom is 0.248 e. The molecule has 3 N–H and O–H groups in total. The molecule has 1 aromatic heterocycles. The van der Waals surface area contributed by atoms with Gasteiger partial charge >= 0.3 is 0 Å². The molecule has 0 aliphatic heterocycles. The molecule has 0 aliphatic rings. The summed E-state index contributed by atoms with van der Waals surface area (Å²) in [5.41, 5.74) is 8.54. The monoisotopic (exact) mass is 369 g/mol. The predicted molar refractivity (Wildman–Crippen MR) is 109 cm³/mol. The van der Waals surface area contributed by atoms with Gasteiger partial charge < -0.3 is 11.1 Å². The van der Waals surface area contributed by atoms with Crippen LogP contribution in [0.4, 0.5) is 5.69 Å². The summed E-state index contributed by atoms with van der Waals surface area (Å²) in [5.74, 6) is 1.01. The number of para-hydroxylation sites is 1. The predicted octanol–water partition coefficient (Wildman–Crippen LogP) is 3.65. The molecule has 0 radical (unpaired) electrons. The molecular weight excluding hydrogens is 350 g/mol. The topological polar surface area (TPSA) is 85.8 Å². The highest BCUT2D eigenvalue weighted by atomic mass is 16.1. The number of anilines is 1. The van der Waals surface area contributed by atoms with E-state index in [1.165, 1.54) is 0 Å². The van der Waals surface area contributed by atoms with Gasteiger partial charge in [0, 0.05) is 16.8 Å². The summed E-state index contributed by atoms with van der Waals surface area (Å²) >= 11 is 0. The number of rotatable bonds is 6. The van der Waals surface area contributed by atoms with Gasteiger partial charge in [-0.25, -0.2) is 9.67 Å². The first kappa shape index (κ1) is 17.5. The van der Waals surface area contributed by atoms with Gasteiger partial charge in [0.2, 0.25) is 5.91 Å². The van der Waals surface area contributed by atoms with Crippen LogP contribution in [0.25, 0.3) is 17.1 Å². The SMILES string of the molecule is NC(=O)c1ccc(NCc2nc(-c3ccccc3)nn2-c2ccccc2)cc1. The number of nitrogens with two attached hydrogens (primary N) is 1. The summed E-state index contributed by atoms with van der Waals surface area (Å²) in [7, 11) is 0. The van der Waals surface area contributed by atoms with Crippen molar-refractivity contribution in [3.8, 4) is 17.1 Å². The average Bonchev–Trinajstić information content (AvgIpc) is 3.18. The third kappa shape index (κ3) is 3.76. The summed E-state index contributed by atoms with van der Waals surface area (Å²) in [6, 6.07) is 26.8.